The molecule has 0 heterocycles. The van der Waals surface area contributed by atoms with E-state index in [-0.39, 0.29) is 39.2 Å². The Bertz CT molecular complexity index is 1140. The third kappa shape index (κ3) is 3.17. The van der Waals surface area contributed by atoms with E-state index < -0.39 is 0 Å². The Morgan fingerprint density at radius 3 is 2.40 bits per heavy atom. The van der Waals surface area contributed by atoms with E-state index in [1.807, 2.05) is 13.8 Å². The van der Waals surface area contributed by atoms with Crippen LogP contribution >= 0.6 is 0 Å². The van der Waals surface area contributed by atoms with Crippen LogP contribution in [-0.2, 0) is 9.59 Å². The summed E-state index contributed by atoms with van der Waals surface area (Å²) >= 11 is 0. The van der Waals surface area contributed by atoms with Crippen molar-refractivity contribution in [2.75, 3.05) is 0 Å². The van der Waals surface area contributed by atoms with Gasteiger partial charge in [-0.2, -0.15) is 0 Å². The van der Waals surface area contributed by atoms with Gasteiger partial charge in [-0.25, -0.2) is 0 Å². The highest BCUT2D eigenvalue weighted by molar-refractivity contribution is 6.06. The lowest BCUT2D eigenvalue weighted by molar-refractivity contribution is -0.156. The number of hydrogen-bond donors (Lipinski definition) is 2. The lowest BCUT2D eigenvalue weighted by atomic mass is 9.35. The molecule has 35 heavy (non-hydrogen) atoms. The van der Waals surface area contributed by atoms with Crippen LogP contribution in [0.15, 0.2) is 46.3 Å². The van der Waals surface area contributed by atoms with Gasteiger partial charge in [0.25, 0.3) is 0 Å². The minimum atomic E-state index is -0.262. The Morgan fingerprint density at radius 1 is 1.03 bits per heavy atom. The van der Waals surface area contributed by atoms with Gasteiger partial charge in [0.15, 0.2) is 5.76 Å². The summed E-state index contributed by atoms with van der Waals surface area (Å²) in [5.74, 6) is 0.301. The smallest absolute Gasteiger partial charge is 0.220 e. The zero-order valence-electron chi connectivity index (χ0n) is 22.7. The number of fused-ring (bicyclic) bond motifs is 7. The zero-order chi connectivity index (χ0) is 25.6. The second-order valence-corrected chi connectivity index (χ2v) is 13.5. The van der Waals surface area contributed by atoms with Crippen molar-refractivity contribution in [1.29, 1.82) is 0 Å². The standard InChI is InChI=1S/C31H43NO3/c1-8-25(34)32-28(4)13-11-27(3)12-15-30(6)23-10-9-20-19(2)26(35)22(33)17-21(20)29(23,5)14-16-31(30,7)24(27)18-28/h9-10,17,24,35H,8,11-16,18H2,1-7H3,(H,32,34)/t24-,27?,28?,29+,30-,31+/m1/s1. The molecule has 3 saturated carbocycles. The molecule has 1 amide bonds. The third-order valence-corrected chi connectivity index (χ3v) is 11.6. The monoisotopic (exact) mass is 477 g/mol. The van der Waals surface area contributed by atoms with E-state index in [2.05, 4.69) is 52.1 Å². The van der Waals surface area contributed by atoms with Gasteiger partial charge in [-0.05, 0) is 98.2 Å². The molecule has 0 aromatic rings. The van der Waals surface area contributed by atoms with E-state index in [1.54, 1.807) is 6.08 Å². The number of aliphatic hydroxyl groups is 1. The number of carbonyl (C=O) groups is 2. The van der Waals surface area contributed by atoms with Crippen molar-refractivity contribution in [2.24, 2.45) is 27.6 Å². The van der Waals surface area contributed by atoms with Crippen molar-refractivity contribution in [3.8, 4) is 0 Å². The molecule has 190 valence electrons. The van der Waals surface area contributed by atoms with Crippen LogP contribution in [-0.4, -0.2) is 22.3 Å². The lowest BCUT2D eigenvalue weighted by Gasteiger charge is -2.70. The van der Waals surface area contributed by atoms with Crippen molar-refractivity contribution in [3.63, 3.8) is 0 Å². The summed E-state index contributed by atoms with van der Waals surface area (Å²) in [5.41, 5.74) is 4.35. The largest absolute Gasteiger partial charge is 0.504 e. The lowest BCUT2D eigenvalue weighted by Crippen LogP contribution is -2.64. The van der Waals surface area contributed by atoms with Crippen LogP contribution in [0.1, 0.15) is 99.8 Å². The molecule has 0 saturated heterocycles. The second kappa shape index (κ2) is 7.46. The van der Waals surface area contributed by atoms with E-state index >= 15 is 0 Å². The predicted molar refractivity (Wildman–Crippen MR) is 140 cm³/mol. The van der Waals surface area contributed by atoms with Gasteiger partial charge in [-0.1, -0.05) is 52.3 Å². The Labute approximate surface area is 211 Å². The average molecular weight is 478 g/mol. The first-order valence-electron chi connectivity index (χ1n) is 13.6. The molecule has 0 bridgehead atoms. The molecular weight excluding hydrogens is 434 g/mol. The molecule has 2 unspecified atom stereocenters. The van der Waals surface area contributed by atoms with Crippen LogP contribution in [0.5, 0.6) is 0 Å². The minimum absolute atomic E-state index is 0.0141. The summed E-state index contributed by atoms with van der Waals surface area (Å²) in [6.45, 7) is 15.9. The van der Waals surface area contributed by atoms with Gasteiger partial charge >= 0.3 is 0 Å². The summed E-state index contributed by atoms with van der Waals surface area (Å²) in [6.07, 6.45) is 14.4. The summed E-state index contributed by atoms with van der Waals surface area (Å²) in [7, 11) is 0. The van der Waals surface area contributed by atoms with Gasteiger partial charge in [-0.15, -0.1) is 0 Å². The Kier molecular flexibility index (Phi) is 5.24. The number of rotatable bonds is 2. The Balaban J connectivity index is 1.59. The molecule has 4 heteroatoms. The van der Waals surface area contributed by atoms with Crippen LogP contribution in [0.25, 0.3) is 0 Å². The quantitative estimate of drug-likeness (QED) is 0.455. The van der Waals surface area contributed by atoms with Gasteiger partial charge in [0, 0.05) is 22.9 Å². The summed E-state index contributed by atoms with van der Waals surface area (Å²) in [5, 5.41) is 13.7. The van der Waals surface area contributed by atoms with Gasteiger partial charge in [-0.3, -0.25) is 9.59 Å². The van der Waals surface area contributed by atoms with E-state index in [1.165, 1.54) is 12.0 Å². The summed E-state index contributed by atoms with van der Waals surface area (Å²) in [6, 6.07) is 0. The van der Waals surface area contributed by atoms with Gasteiger partial charge in [0.2, 0.25) is 11.7 Å². The number of hydrogen-bond acceptors (Lipinski definition) is 3. The van der Waals surface area contributed by atoms with Crippen molar-refractivity contribution >= 4 is 11.7 Å². The number of nitrogens with one attached hydrogen (secondary N) is 1. The fraction of sp³-hybridized carbons (Fsp3) is 0.677. The van der Waals surface area contributed by atoms with E-state index in [0.717, 1.165) is 49.7 Å². The molecule has 5 aliphatic carbocycles. The van der Waals surface area contributed by atoms with E-state index in [0.29, 0.717) is 23.3 Å². The molecule has 5 rings (SSSR count). The van der Waals surface area contributed by atoms with Crippen LogP contribution in [0, 0.1) is 27.6 Å². The van der Waals surface area contributed by atoms with Crippen molar-refractivity contribution in [3.05, 3.63) is 46.3 Å². The van der Waals surface area contributed by atoms with Crippen molar-refractivity contribution in [1.82, 2.24) is 5.32 Å². The van der Waals surface area contributed by atoms with E-state index in [9.17, 15) is 14.7 Å². The molecule has 0 radical (unpaired) electrons. The van der Waals surface area contributed by atoms with Crippen LogP contribution in [0.4, 0.5) is 0 Å². The molecule has 0 aliphatic heterocycles. The maximum Gasteiger partial charge on any atom is 0.220 e. The zero-order valence-corrected chi connectivity index (χ0v) is 22.7. The van der Waals surface area contributed by atoms with Crippen molar-refractivity contribution < 1.29 is 14.7 Å². The first-order valence-corrected chi connectivity index (χ1v) is 13.6. The molecule has 2 N–H and O–H groups in total. The molecular formula is C31H43NO3. The first-order chi connectivity index (χ1) is 16.2. The first kappa shape index (κ1) is 24.6. The molecule has 3 fully saturated rings. The fourth-order valence-corrected chi connectivity index (χ4v) is 9.00. The number of carbonyl (C=O) groups excluding carboxylic acids is 2. The highest BCUT2D eigenvalue weighted by atomic mass is 16.3. The fourth-order valence-electron chi connectivity index (χ4n) is 9.00. The van der Waals surface area contributed by atoms with Gasteiger partial charge in [0.05, 0.1) is 0 Å². The molecule has 6 atom stereocenters. The normalized spacial score (nSPS) is 44.7. The minimum Gasteiger partial charge on any atom is -0.504 e. The topological polar surface area (TPSA) is 66.4 Å². The van der Waals surface area contributed by atoms with Gasteiger partial charge in [0.1, 0.15) is 0 Å². The highest BCUT2D eigenvalue weighted by Crippen LogP contribution is 2.75. The highest BCUT2D eigenvalue weighted by Gasteiger charge is 2.66. The third-order valence-electron chi connectivity index (χ3n) is 11.6. The molecule has 0 aromatic heterocycles. The summed E-state index contributed by atoms with van der Waals surface area (Å²) in [4.78, 5) is 25.1. The number of amides is 1. The SMILES string of the molecule is CCC(=O)NC1(C)CCC2(C)CC[C@]3(C)C4=CC=C5C(=CC(=O)C(O)=C5C)[C@]4(C)CC[C@@]3(C)[C@@H]2C1. The van der Waals surface area contributed by atoms with E-state index in [4.69, 9.17) is 0 Å². The average Bonchev–Trinajstić information content (AvgIpc) is 2.81. The van der Waals surface area contributed by atoms with Gasteiger partial charge < -0.3 is 10.4 Å². The van der Waals surface area contributed by atoms with Crippen LogP contribution in [0.2, 0.25) is 0 Å². The maximum atomic E-state index is 12.7. The maximum absolute atomic E-state index is 12.7. The predicted octanol–water partition coefficient (Wildman–Crippen LogP) is 6.89. The molecule has 5 aliphatic rings. The number of allylic oxidation sites excluding steroid dienone is 7. The van der Waals surface area contributed by atoms with Crippen LogP contribution < -0.4 is 5.32 Å². The molecule has 4 nitrogen and oxygen atoms in total. The second-order valence-electron chi connectivity index (χ2n) is 13.5. The van der Waals surface area contributed by atoms with Crippen molar-refractivity contribution in [2.45, 2.75) is 105 Å². The molecule has 0 aromatic carbocycles. The van der Waals surface area contributed by atoms with Crippen LogP contribution in [0.3, 0.4) is 0 Å². The number of aliphatic hydroxyl groups excluding tert-OH is 1. The molecule has 0 spiro atoms. The Morgan fingerprint density at radius 2 is 1.71 bits per heavy atom. The Hall–Kier alpha value is -2.10. The summed E-state index contributed by atoms with van der Waals surface area (Å²) < 4.78 is 0. The number of ketones is 1.